The summed E-state index contributed by atoms with van der Waals surface area (Å²) < 4.78 is 5.11. The maximum absolute atomic E-state index is 11.1. The number of fused-ring (bicyclic) bond motifs is 1. The number of nitrogens with one attached hydrogen (secondary N) is 1. The molecule has 2 N–H and O–H groups in total. The first kappa shape index (κ1) is 17.0. The van der Waals surface area contributed by atoms with Gasteiger partial charge in [0, 0.05) is 42.3 Å². The van der Waals surface area contributed by atoms with Crippen LogP contribution < -0.4 is 10.1 Å². The van der Waals surface area contributed by atoms with Crippen molar-refractivity contribution in [1.82, 2.24) is 19.9 Å². The maximum Gasteiger partial charge on any atom is 0.407 e. The predicted molar refractivity (Wildman–Crippen MR) is 101 cm³/mol. The SMILES string of the molecule is COc1ccc(-c2ccc3ncnc(N[C@H]4CCN(C(=O)O)C4)c3c2)cn1. The zero-order valence-corrected chi connectivity index (χ0v) is 14.8. The third-order valence-corrected chi connectivity index (χ3v) is 4.71. The van der Waals surface area contributed by atoms with Gasteiger partial charge in [0.15, 0.2) is 0 Å². The molecule has 3 aromatic rings. The minimum Gasteiger partial charge on any atom is -0.481 e. The van der Waals surface area contributed by atoms with E-state index in [2.05, 4.69) is 20.3 Å². The van der Waals surface area contributed by atoms with Crippen molar-refractivity contribution in [2.45, 2.75) is 12.5 Å². The summed E-state index contributed by atoms with van der Waals surface area (Å²) in [4.78, 5) is 25.5. The summed E-state index contributed by atoms with van der Waals surface area (Å²) in [5.41, 5.74) is 2.78. The molecule has 8 nitrogen and oxygen atoms in total. The van der Waals surface area contributed by atoms with E-state index < -0.39 is 6.09 Å². The van der Waals surface area contributed by atoms with E-state index >= 15 is 0 Å². The zero-order chi connectivity index (χ0) is 18.8. The van der Waals surface area contributed by atoms with E-state index in [1.54, 1.807) is 13.3 Å². The molecular weight excluding hydrogens is 346 g/mol. The Morgan fingerprint density at radius 3 is 2.78 bits per heavy atom. The third-order valence-electron chi connectivity index (χ3n) is 4.71. The van der Waals surface area contributed by atoms with E-state index in [1.807, 2.05) is 30.3 Å². The maximum atomic E-state index is 11.1. The fraction of sp³-hybridized carbons (Fsp3) is 0.263. The molecule has 0 unspecified atom stereocenters. The van der Waals surface area contributed by atoms with Crippen molar-refractivity contribution in [2.24, 2.45) is 0 Å². The Hall–Kier alpha value is -3.42. The van der Waals surface area contributed by atoms with Crippen LogP contribution in [0.3, 0.4) is 0 Å². The quantitative estimate of drug-likeness (QED) is 0.733. The number of nitrogens with zero attached hydrogens (tertiary/aromatic N) is 4. The lowest BCUT2D eigenvalue weighted by Gasteiger charge is -2.16. The molecule has 0 bridgehead atoms. The third kappa shape index (κ3) is 3.46. The molecule has 0 aliphatic carbocycles. The van der Waals surface area contributed by atoms with E-state index in [9.17, 15) is 4.79 Å². The van der Waals surface area contributed by atoms with Gasteiger partial charge in [0.2, 0.25) is 5.88 Å². The summed E-state index contributed by atoms with van der Waals surface area (Å²) in [6, 6.07) is 9.76. The average Bonchev–Trinajstić information content (AvgIpc) is 3.17. The van der Waals surface area contributed by atoms with E-state index in [4.69, 9.17) is 9.84 Å². The molecule has 1 aromatic carbocycles. The normalized spacial score (nSPS) is 16.5. The minimum absolute atomic E-state index is 0.0329. The van der Waals surface area contributed by atoms with E-state index in [0.29, 0.717) is 24.8 Å². The molecule has 1 amide bonds. The number of rotatable bonds is 4. The van der Waals surface area contributed by atoms with Gasteiger partial charge >= 0.3 is 6.09 Å². The summed E-state index contributed by atoms with van der Waals surface area (Å²) in [5, 5.41) is 13.4. The molecule has 4 rings (SSSR count). The van der Waals surface area contributed by atoms with Crippen LogP contribution in [-0.4, -0.2) is 57.3 Å². The second kappa shape index (κ2) is 7.06. The molecule has 3 heterocycles. The van der Waals surface area contributed by atoms with Crippen molar-refractivity contribution in [2.75, 3.05) is 25.5 Å². The van der Waals surface area contributed by atoms with Crippen LogP contribution >= 0.6 is 0 Å². The molecule has 27 heavy (non-hydrogen) atoms. The van der Waals surface area contributed by atoms with Crippen LogP contribution in [0.4, 0.5) is 10.6 Å². The second-order valence-electron chi connectivity index (χ2n) is 6.40. The van der Waals surface area contributed by atoms with Gasteiger partial charge in [0.05, 0.1) is 12.6 Å². The zero-order valence-electron chi connectivity index (χ0n) is 14.8. The van der Waals surface area contributed by atoms with Crippen molar-refractivity contribution < 1.29 is 14.6 Å². The number of ether oxygens (including phenoxy) is 1. The number of anilines is 1. The number of carboxylic acid groups (broad SMARTS) is 1. The second-order valence-corrected chi connectivity index (χ2v) is 6.40. The largest absolute Gasteiger partial charge is 0.481 e. The van der Waals surface area contributed by atoms with Crippen LogP contribution in [-0.2, 0) is 0 Å². The van der Waals surface area contributed by atoms with E-state index in [-0.39, 0.29) is 6.04 Å². The Labute approximate surface area is 155 Å². The summed E-state index contributed by atoms with van der Waals surface area (Å²) in [6.45, 7) is 0.974. The number of likely N-dealkylation sites (tertiary alicyclic amines) is 1. The van der Waals surface area contributed by atoms with E-state index in [1.165, 1.54) is 11.2 Å². The highest BCUT2D eigenvalue weighted by molar-refractivity contribution is 5.92. The first-order chi connectivity index (χ1) is 13.1. The molecule has 0 spiro atoms. The van der Waals surface area contributed by atoms with Gasteiger partial charge in [-0.3, -0.25) is 0 Å². The van der Waals surface area contributed by atoms with Crippen molar-refractivity contribution in [1.29, 1.82) is 0 Å². The number of benzene rings is 1. The summed E-state index contributed by atoms with van der Waals surface area (Å²) >= 11 is 0. The van der Waals surface area contributed by atoms with Crippen LogP contribution in [0.1, 0.15) is 6.42 Å². The van der Waals surface area contributed by atoms with Gasteiger partial charge in [-0.2, -0.15) is 0 Å². The molecule has 1 aliphatic rings. The highest BCUT2D eigenvalue weighted by Crippen LogP contribution is 2.28. The molecule has 1 aliphatic heterocycles. The molecule has 0 radical (unpaired) electrons. The lowest BCUT2D eigenvalue weighted by Crippen LogP contribution is -2.30. The molecule has 138 valence electrons. The van der Waals surface area contributed by atoms with Crippen molar-refractivity contribution >= 4 is 22.8 Å². The average molecular weight is 365 g/mol. The van der Waals surface area contributed by atoms with Gasteiger partial charge in [-0.15, -0.1) is 0 Å². The highest BCUT2D eigenvalue weighted by atomic mass is 16.5. The fourth-order valence-corrected chi connectivity index (χ4v) is 3.27. The first-order valence-electron chi connectivity index (χ1n) is 8.63. The molecular formula is C19H19N5O3. The lowest BCUT2D eigenvalue weighted by molar-refractivity contribution is 0.155. The van der Waals surface area contributed by atoms with Crippen molar-refractivity contribution in [3.8, 4) is 17.0 Å². The van der Waals surface area contributed by atoms with Crippen LogP contribution in [0.5, 0.6) is 5.88 Å². The van der Waals surface area contributed by atoms with Crippen LogP contribution in [0.25, 0.3) is 22.0 Å². The van der Waals surface area contributed by atoms with Gasteiger partial charge < -0.3 is 20.1 Å². The monoisotopic (exact) mass is 365 g/mol. The molecule has 1 saturated heterocycles. The number of aromatic nitrogens is 3. The van der Waals surface area contributed by atoms with Crippen LogP contribution in [0.2, 0.25) is 0 Å². The van der Waals surface area contributed by atoms with Crippen molar-refractivity contribution in [3.05, 3.63) is 42.9 Å². The number of amides is 1. The summed E-state index contributed by atoms with van der Waals surface area (Å²) in [7, 11) is 1.59. The van der Waals surface area contributed by atoms with Gasteiger partial charge in [0.25, 0.3) is 0 Å². The van der Waals surface area contributed by atoms with Gasteiger partial charge in [-0.05, 0) is 30.2 Å². The minimum atomic E-state index is -0.888. The molecule has 1 atom stereocenters. The number of hydrogen-bond acceptors (Lipinski definition) is 6. The van der Waals surface area contributed by atoms with Gasteiger partial charge in [0.1, 0.15) is 12.1 Å². The Bertz CT molecular complexity index is 977. The predicted octanol–water partition coefficient (Wildman–Crippen LogP) is 2.86. The topological polar surface area (TPSA) is 100 Å². The summed E-state index contributed by atoms with van der Waals surface area (Å²) in [5.74, 6) is 1.27. The number of hydrogen-bond donors (Lipinski definition) is 2. The van der Waals surface area contributed by atoms with Gasteiger partial charge in [-0.25, -0.2) is 19.7 Å². The van der Waals surface area contributed by atoms with Crippen LogP contribution in [0.15, 0.2) is 42.9 Å². The fourth-order valence-electron chi connectivity index (χ4n) is 3.27. The summed E-state index contributed by atoms with van der Waals surface area (Å²) in [6.07, 6.45) is 3.14. The van der Waals surface area contributed by atoms with Gasteiger partial charge in [-0.1, -0.05) is 6.07 Å². The molecule has 0 saturated carbocycles. The molecule has 8 heteroatoms. The Kier molecular flexibility index (Phi) is 4.45. The lowest BCUT2D eigenvalue weighted by atomic mass is 10.0. The smallest absolute Gasteiger partial charge is 0.407 e. The Morgan fingerprint density at radius 1 is 1.22 bits per heavy atom. The Morgan fingerprint density at radius 2 is 2.07 bits per heavy atom. The highest BCUT2D eigenvalue weighted by Gasteiger charge is 2.26. The number of pyridine rings is 1. The van der Waals surface area contributed by atoms with Crippen molar-refractivity contribution in [3.63, 3.8) is 0 Å². The van der Waals surface area contributed by atoms with E-state index in [0.717, 1.165) is 28.5 Å². The first-order valence-corrected chi connectivity index (χ1v) is 8.63. The molecule has 2 aromatic heterocycles. The standard InChI is InChI=1S/C19H19N5O3/c1-27-17-5-3-13(9-20-17)12-2-4-16-15(8-12)18(22-11-21-16)23-14-6-7-24(10-14)19(25)26/h2-5,8-9,11,14H,6-7,10H2,1H3,(H,25,26)(H,21,22,23)/t14-/m0/s1. The number of carbonyl (C=O) groups is 1. The Balaban J connectivity index is 1.64. The number of methoxy groups -OCH3 is 1. The van der Waals surface area contributed by atoms with Crippen LogP contribution in [0, 0.1) is 0 Å². The molecule has 1 fully saturated rings.